The first-order valence-corrected chi connectivity index (χ1v) is 9.31. The van der Waals surface area contributed by atoms with Crippen molar-refractivity contribution in [3.63, 3.8) is 0 Å². The molecule has 0 spiro atoms. The van der Waals surface area contributed by atoms with Gasteiger partial charge in [0.15, 0.2) is 0 Å². The van der Waals surface area contributed by atoms with Gasteiger partial charge in [0.2, 0.25) is 0 Å². The molecule has 0 bridgehead atoms. The largest absolute Gasteiger partial charge is 0.507 e. The zero-order chi connectivity index (χ0) is 20.3. The van der Waals surface area contributed by atoms with Gasteiger partial charge in [0, 0.05) is 18.3 Å². The number of benzene rings is 1. The summed E-state index contributed by atoms with van der Waals surface area (Å²) in [7, 11) is 3.92. The molecular weight excluding hydrogens is 354 g/mol. The Hall–Kier alpha value is -2.99. The van der Waals surface area contributed by atoms with Gasteiger partial charge >= 0.3 is 0 Å². The summed E-state index contributed by atoms with van der Waals surface area (Å²) in [4.78, 5) is 33.5. The van der Waals surface area contributed by atoms with E-state index in [1.807, 2.05) is 44.1 Å². The summed E-state index contributed by atoms with van der Waals surface area (Å²) in [5.41, 5.74) is 2.22. The number of aliphatic hydroxyl groups excluding tert-OH is 1. The van der Waals surface area contributed by atoms with Crippen LogP contribution in [0, 0.1) is 6.92 Å². The maximum absolute atomic E-state index is 12.8. The normalized spacial score (nSPS) is 18.9. The van der Waals surface area contributed by atoms with Crippen LogP contribution in [-0.2, 0) is 9.59 Å². The molecule has 1 amide bonds. The summed E-state index contributed by atoms with van der Waals surface area (Å²) in [5.74, 6) is -1.43. The fraction of sp³-hybridized carbons (Fsp3) is 0.318. The lowest BCUT2D eigenvalue weighted by Gasteiger charge is -2.25. The molecule has 1 saturated heterocycles. The third-order valence-corrected chi connectivity index (χ3v) is 4.84. The monoisotopic (exact) mass is 379 g/mol. The number of rotatable bonds is 6. The molecule has 0 radical (unpaired) electrons. The van der Waals surface area contributed by atoms with Crippen LogP contribution < -0.4 is 0 Å². The quantitative estimate of drug-likeness (QED) is 0.475. The van der Waals surface area contributed by atoms with Crippen molar-refractivity contribution in [2.45, 2.75) is 19.4 Å². The molecule has 3 rings (SSSR count). The van der Waals surface area contributed by atoms with Crippen LogP contribution in [0.15, 0.2) is 54.2 Å². The number of ketones is 1. The van der Waals surface area contributed by atoms with Crippen molar-refractivity contribution in [3.05, 3.63) is 71.1 Å². The summed E-state index contributed by atoms with van der Waals surface area (Å²) in [6.45, 7) is 3.14. The SMILES string of the molecule is Cc1ccc(/C(O)=C2\C(=O)C(=O)N(CCCN(C)C)[C@@H]2c2ccccn2)cc1. The molecule has 1 aromatic heterocycles. The maximum atomic E-state index is 12.8. The first-order chi connectivity index (χ1) is 13.4. The van der Waals surface area contributed by atoms with E-state index in [4.69, 9.17) is 0 Å². The molecule has 0 aliphatic carbocycles. The Morgan fingerprint density at radius 2 is 1.86 bits per heavy atom. The van der Waals surface area contributed by atoms with Gasteiger partial charge in [-0.2, -0.15) is 0 Å². The van der Waals surface area contributed by atoms with Crippen LogP contribution in [-0.4, -0.2) is 58.8 Å². The number of amides is 1. The molecule has 1 N–H and O–H groups in total. The molecule has 6 heteroatoms. The van der Waals surface area contributed by atoms with Crippen LogP contribution in [0.2, 0.25) is 0 Å². The molecule has 0 unspecified atom stereocenters. The zero-order valence-electron chi connectivity index (χ0n) is 16.4. The topological polar surface area (TPSA) is 73.7 Å². The van der Waals surface area contributed by atoms with Crippen molar-refractivity contribution < 1.29 is 14.7 Å². The van der Waals surface area contributed by atoms with Gasteiger partial charge in [-0.15, -0.1) is 0 Å². The molecule has 2 heterocycles. The molecule has 1 fully saturated rings. The number of Topliss-reactive ketones (excluding diaryl/α,β-unsaturated/α-hetero) is 1. The average Bonchev–Trinajstić information content (AvgIpc) is 2.93. The lowest BCUT2D eigenvalue weighted by Crippen LogP contribution is -2.32. The van der Waals surface area contributed by atoms with Crippen molar-refractivity contribution in [1.82, 2.24) is 14.8 Å². The second-order valence-electron chi connectivity index (χ2n) is 7.27. The van der Waals surface area contributed by atoms with Crippen molar-refractivity contribution >= 4 is 17.4 Å². The summed E-state index contributed by atoms with van der Waals surface area (Å²) in [6, 6.07) is 11.9. The minimum absolute atomic E-state index is 0.0948. The fourth-order valence-electron chi connectivity index (χ4n) is 3.38. The Morgan fingerprint density at radius 1 is 1.14 bits per heavy atom. The van der Waals surface area contributed by atoms with E-state index in [-0.39, 0.29) is 11.3 Å². The minimum atomic E-state index is -0.690. The van der Waals surface area contributed by atoms with E-state index in [0.29, 0.717) is 24.2 Å². The summed E-state index contributed by atoms with van der Waals surface area (Å²) < 4.78 is 0. The van der Waals surface area contributed by atoms with Gasteiger partial charge in [0.1, 0.15) is 11.8 Å². The number of likely N-dealkylation sites (tertiary alicyclic amines) is 1. The molecular formula is C22H25N3O3. The second-order valence-corrected chi connectivity index (χ2v) is 7.27. The van der Waals surface area contributed by atoms with E-state index in [1.54, 1.807) is 30.5 Å². The number of pyridine rings is 1. The van der Waals surface area contributed by atoms with E-state index < -0.39 is 17.7 Å². The van der Waals surface area contributed by atoms with Crippen LogP contribution in [0.4, 0.5) is 0 Å². The Balaban J connectivity index is 2.06. The average molecular weight is 379 g/mol. The molecule has 6 nitrogen and oxygen atoms in total. The number of carbonyl (C=O) groups is 2. The molecule has 0 saturated carbocycles. The Morgan fingerprint density at radius 3 is 2.46 bits per heavy atom. The number of aryl methyl sites for hydroxylation is 1. The highest BCUT2D eigenvalue weighted by Gasteiger charge is 2.46. The van der Waals surface area contributed by atoms with E-state index >= 15 is 0 Å². The minimum Gasteiger partial charge on any atom is -0.507 e. The van der Waals surface area contributed by atoms with Crippen LogP contribution in [0.1, 0.15) is 29.3 Å². The molecule has 1 aliphatic heterocycles. The van der Waals surface area contributed by atoms with Crippen molar-refractivity contribution in [3.8, 4) is 0 Å². The van der Waals surface area contributed by atoms with E-state index in [1.165, 1.54) is 4.90 Å². The van der Waals surface area contributed by atoms with E-state index in [0.717, 1.165) is 12.1 Å². The van der Waals surface area contributed by atoms with Crippen LogP contribution >= 0.6 is 0 Å². The third kappa shape index (κ3) is 3.97. The number of nitrogens with zero attached hydrogens (tertiary/aromatic N) is 3. The van der Waals surface area contributed by atoms with Crippen LogP contribution in [0.3, 0.4) is 0 Å². The fourth-order valence-corrected chi connectivity index (χ4v) is 3.38. The molecule has 2 aromatic rings. The highest BCUT2D eigenvalue weighted by Crippen LogP contribution is 2.38. The lowest BCUT2D eigenvalue weighted by molar-refractivity contribution is -0.140. The summed E-state index contributed by atoms with van der Waals surface area (Å²) >= 11 is 0. The van der Waals surface area contributed by atoms with Gasteiger partial charge in [0.05, 0.1) is 11.3 Å². The second kappa shape index (κ2) is 8.35. The number of aromatic nitrogens is 1. The van der Waals surface area contributed by atoms with Crippen molar-refractivity contribution in [2.75, 3.05) is 27.2 Å². The zero-order valence-corrected chi connectivity index (χ0v) is 16.4. The Kier molecular flexibility index (Phi) is 5.90. The van der Waals surface area contributed by atoms with Gasteiger partial charge in [-0.3, -0.25) is 14.6 Å². The lowest BCUT2D eigenvalue weighted by atomic mass is 9.98. The van der Waals surface area contributed by atoms with E-state index in [9.17, 15) is 14.7 Å². The summed E-state index contributed by atoms with van der Waals surface area (Å²) in [5, 5.41) is 10.9. The standard InChI is InChI=1S/C22H25N3O3/c1-15-8-10-16(11-9-15)20(26)18-19(17-7-4-5-12-23-17)25(22(28)21(18)27)14-6-13-24(2)3/h4-5,7-12,19,26H,6,13-14H2,1-3H3/b20-18+/t19-/m1/s1. The van der Waals surface area contributed by atoms with Crippen molar-refractivity contribution in [2.24, 2.45) is 0 Å². The Bertz CT molecular complexity index is 889. The van der Waals surface area contributed by atoms with Crippen LogP contribution in [0.25, 0.3) is 5.76 Å². The maximum Gasteiger partial charge on any atom is 0.295 e. The molecule has 146 valence electrons. The van der Waals surface area contributed by atoms with Gasteiger partial charge < -0.3 is 14.9 Å². The molecule has 28 heavy (non-hydrogen) atoms. The van der Waals surface area contributed by atoms with Gasteiger partial charge in [0.25, 0.3) is 11.7 Å². The molecule has 1 aliphatic rings. The van der Waals surface area contributed by atoms with Gasteiger partial charge in [-0.25, -0.2) is 0 Å². The molecule has 1 aromatic carbocycles. The molecule has 1 atom stereocenters. The van der Waals surface area contributed by atoms with Crippen molar-refractivity contribution in [1.29, 1.82) is 0 Å². The highest BCUT2D eigenvalue weighted by atomic mass is 16.3. The van der Waals surface area contributed by atoms with Gasteiger partial charge in [-0.1, -0.05) is 35.9 Å². The first kappa shape index (κ1) is 19.8. The number of hydrogen-bond donors (Lipinski definition) is 1. The summed E-state index contributed by atoms with van der Waals surface area (Å²) in [6.07, 6.45) is 2.34. The first-order valence-electron chi connectivity index (χ1n) is 9.31. The van der Waals surface area contributed by atoms with E-state index in [2.05, 4.69) is 4.98 Å². The number of hydrogen-bond acceptors (Lipinski definition) is 5. The number of aliphatic hydroxyl groups is 1. The van der Waals surface area contributed by atoms with Gasteiger partial charge in [-0.05, 0) is 46.1 Å². The highest BCUT2D eigenvalue weighted by molar-refractivity contribution is 6.46. The smallest absolute Gasteiger partial charge is 0.295 e. The number of carbonyl (C=O) groups excluding carboxylic acids is 2. The predicted octanol–water partition coefficient (Wildman–Crippen LogP) is 2.76. The third-order valence-electron chi connectivity index (χ3n) is 4.84. The predicted molar refractivity (Wildman–Crippen MR) is 108 cm³/mol. The Labute approximate surface area is 165 Å². The van der Waals surface area contributed by atoms with Crippen LogP contribution in [0.5, 0.6) is 0 Å².